The van der Waals surface area contributed by atoms with Crippen LogP contribution in [0.2, 0.25) is 0 Å². The maximum atomic E-state index is 4.08. The minimum atomic E-state index is 0.994. The van der Waals surface area contributed by atoms with E-state index < -0.39 is 0 Å². The summed E-state index contributed by atoms with van der Waals surface area (Å²) in [6, 6.07) is 8.81. The summed E-state index contributed by atoms with van der Waals surface area (Å²) in [6.45, 7) is 4.28. The fourth-order valence-electron chi connectivity index (χ4n) is 2.50. The molecule has 0 bridgehead atoms. The molecular weight excluding hydrogens is 208 g/mol. The van der Waals surface area contributed by atoms with Crippen LogP contribution in [-0.2, 0) is 13.0 Å². The van der Waals surface area contributed by atoms with Crippen LogP contribution in [0.15, 0.2) is 36.7 Å². The number of nitrogens with zero attached hydrogens (tertiary/aromatic N) is 1. The van der Waals surface area contributed by atoms with E-state index >= 15 is 0 Å². The Morgan fingerprint density at radius 1 is 1.12 bits per heavy atom. The molecule has 1 aliphatic heterocycles. The summed E-state index contributed by atoms with van der Waals surface area (Å²) in [7, 11) is 0. The first kappa shape index (κ1) is 10.5. The van der Waals surface area contributed by atoms with E-state index in [1.807, 2.05) is 12.4 Å². The SMILES string of the molecule is Cc1cc2c(cc1-c1ccncc1)CNCC2. The molecule has 1 aromatic heterocycles. The van der Waals surface area contributed by atoms with Gasteiger partial charge in [0.25, 0.3) is 0 Å². The lowest BCUT2D eigenvalue weighted by Gasteiger charge is -2.19. The van der Waals surface area contributed by atoms with E-state index in [0.29, 0.717) is 0 Å². The molecular formula is C15H16N2. The van der Waals surface area contributed by atoms with Gasteiger partial charge >= 0.3 is 0 Å². The topological polar surface area (TPSA) is 24.9 Å². The molecule has 2 nitrogen and oxygen atoms in total. The Labute approximate surface area is 102 Å². The van der Waals surface area contributed by atoms with Gasteiger partial charge in [0.2, 0.25) is 0 Å². The largest absolute Gasteiger partial charge is 0.312 e. The fraction of sp³-hybridized carbons (Fsp3) is 0.267. The molecule has 0 radical (unpaired) electrons. The molecule has 1 N–H and O–H groups in total. The second-order valence-electron chi connectivity index (χ2n) is 4.60. The Balaban J connectivity index is 2.12. The highest BCUT2D eigenvalue weighted by molar-refractivity contribution is 5.68. The average molecular weight is 224 g/mol. The minimum absolute atomic E-state index is 0.994. The maximum Gasteiger partial charge on any atom is 0.0273 e. The molecule has 0 spiro atoms. The van der Waals surface area contributed by atoms with Crippen LogP contribution >= 0.6 is 0 Å². The van der Waals surface area contributed by atoms with Gasteiger partial charge < -0.3 is 5.32 Å². The van der Waals surface area contributed by atoms with Crippen molar-refractivity contribution in [2.75, 3.05) is 6.54 Å². The first-order valence-corrected chi connectivity index (χ1v) is 6.08. The Morgan fingerprint density at radius 3 is 2.76 bits per heavy atom. The highest BCUT2D eigenvalue weighted by Gasteiger charge is 2.11. The molecule has 17 heavy (non-hydrogen) atoms. The molecule has 86 valence electrons. The smallest absolute Gasteiger partial charge is 0.0273 e. The molecule has 0 aliphatic carbocycles. The van der Waals surface area contributed by atoms with Crippen molar-refractivity contribution in [3.63, 3.8) is 0 Å². The summed E-state index contributed by atoms with van der Waals surface area (Å²) < 4.78 is 0. The quantitative estimate of drug-likeness (QED) is 0.805. The van der Waals surface area contributed by atoms with Crippen LogP contribution in [0.1, 0.15) is 16.7 Å². The predicted octanol–water partition coefficient (Wildman–Crippen LogP) is 2.70. The molecule has 0 unspecified atom stereocenters. The van der Waals surface area contributed by atoms with Gasteiger partial charge in [0.05, 0.1) is 0 Å². The van der Waals surface area contributed by atoms with Gasteiger partial charge in [-0.15, -0.1) is 0 Å². The molecule has 2 aromatic rings. The normalized spacial score (nSPS) is 14.4. The minimum Gasteiger partial charge on any atom is -0.312 e. The van der Waals surface area contributed by atoms with Crippen molar-refractivity contribution in [3.05, 3.63) is 53.3 Å². The number of hydrogen-bond donors (Lipinski definition) is 1. The van der Waals surface area contributed by atoms with E-state index in [0.717, 1.165) is 19.5 Å². The van der Waals surface area contributed by atoms with Crippen molar-refractivity contribution < 1.29 is 0 Å². The second kappa shape index (κ2) is 4.30. The van der Waals surface area contributed by atoms with Crippen LogP contribution in [0.4, 0.5) is 0 Å². The zero-order valence-corrected chi connectivity index (χ0v) is 10.0. The van der Waals surface area contributed by atoms with Crippen molar-refractivity contribution in [1.29, 1.82) is 0 Å². The van der Waals surface area contributed by atoms with Crippen molar-refractivity contribution >= 4 is 0 Å². The lowest BCUT2D eigenvalue weighted by molar-refractivity contribution is 0.643. The Morgan fingerprint density at radius 2 is 1.94 bits per heavy atom. The highest BCUT2D eigenvalue weighted by atomic mass is 14.9. The van der Waals surface area contributed by atoms with Crippen molar-refractivity contribution in [2.24, 2.45) is 0 Å². The monoisotopic (exact) mass is 224 g/mol. The lowest BCUT2D eigenvalue weighted by Crippen LogP contribution is -2.23. The van der Waals surface area contributed by atoms with E-state index in [4.69, 9.17) is 0 Å². The number of fused-ring (bicyclic) bond motifs is 1. The summed E-state index contributed by atoms with van der Waals surface area (Å²) in [5.74, 6) is 0. The molecule has 0 saturated carbocycles. The second-order valence-corrected chi connectivity index (χ2v) is 4.60. The van der Waals surface area contributed by atoms with Gasteiger partial charge in [-0.2, -0.15) is 0 Å². The maximum absolute atomic E-state index is 4.08. The summed E-state index contributed by atoms with van der Waals surface area (Å²) in [5.41, 5.74) is 6.88. The number of aromatic nitrogens is 1. The Kier molecular flexibility index (Phi) is 2.65. The van der Waals surface area contributed by atoms with E-state index in [-0.39, 0.29) is 0 Å². The summed E-state index contributed by atoms with van der Waals surface area (Å²) in [5, 5.41) is 3.43. The van der Waals surface area contributed by atoms with Crippen LogP contribution in [0.25, 0.3) is 11.1 Å². The number of nitrogens with one attached hydrogen (secondary N) is 1. The third-order valence-corrected chi connectivity index (χ3v) is 3.42. The van der Waals surface area contributed by atoms with Gasteiger partial charge in [-0.05, 0) is 65.9 Å². The van der Waals surface area contributed by atoms with Gasteiger partial charge in [0, 0.05) is 18.9 Å². The van der Waals surface area contributed by atoms with Crippen molar-refractivity contribution in [3.8, 4) is 11.1 Å². The fourth-order valence-corrected chi connectivity index (χ4v) is 2.50. The standard InChI is InChI=1S/C15H16N2/c1-11-8-13-4-7-17-10-14(13)9-15(11)12-2-5-16-6-3-12/h2-3,5-6,8-9,17H,4,7,10H2,1H3. The highest BCUT2D eigenvalue weighted by Crippen LogP contribution is 2.27. The third kappa shape index (κ3) is 1.96. The zero-order valence-electron chi connectivity index (χ0n) is 10.0. The Hall–Kier alpha value is -1.67. The van der Waals surface area contributed by atoms with E-state index in [2.05, 4.69) is 41.5 Å². The first-order chi connectivity index (χ1) is 8.34. The molecule has 1 aliphatic rings. The van der Waals surface area contributed by atoms with Gasteiger partial charge in [0.1, 0.15) is 0 Å². The number of rotatable bonds is 1. The van der Waals surface area contributed by atoms with E-state index in [1.54, 1.807) is 0 Å². The zero-order chi connectivity index (χ0) is 11.7. The molecule has 0 amide bonds. The van der Waals surface area contributed by atoms with Crippen LogP contribution in [0.3, 0.4) is 0 Å². The summed E-state index contributed by atoms with van der Waals surface area (Å²) >= 11 is 0. The van der Waals surface area contributed by atoms with Crippen LogP contribution in [0, 0.1) is 6.92 Å². The van der Waals surface area contributed by atoms with Crippen LogP contribution in [0.5, 0.6) is 0 Å². The van der Waals surface area contributed by atoms with Gasteiger partial charge in [0.15, 0.2) is 0 Å². The van der Waals surface area contributed by atoms with Gasteiger partial charge in [-0.1, -0.05) is 6.07 Å². The molecule has 0 atom stereocenters. The van der Waals surface area contributed by atoms with Crippen LogP contribution < -0.4 is 5.32 Å². The van der Waals surface area contributed by atoms with E-state index in [1.165, 1.54) is 27.8 Å². The number of pyridine rings is 1. The van der Waals surface area contributed by atoms with Crippen LogP contribution in [-0.4, -0.2) is 11.5 Å². The third-order valence-electron chi connectivity index (χ3n) is 3.42. The summed E-state index contributed by atoms with van der Waals surface area (Å²) in [4.78, 5) is 4.08. The molecule has 1 aromatic carbocycles. The van der Waals surface area contributed by atoms with E-state index in [9.17, 15) is 0 Å². The Bertz CT molecular complexity index is 532. The molecule has 2 heteroatoms. The van der Waals surface area contributed by atoms with Crippen molar-refractivity contribution in [1.82, 2.24) is 10.3 Å². The predicted molar refractivity (Wildman–Crippen MR) is 69.8 cm³/mol. The molecule has 0 saturated heterocycles. The molecule has 2 heterocycles. The number of hydrogen-bond acceptors (Lipinski definition) is 2. The lowest BCUT2D eigenvalue weighted by atomic mass is 9.92. The average Bonchev–Trinajstić information content (AvgIpc) is 2.39. The number of benzene rings is 1. The molecule has 3 rings (SSSR count). The number of aryl methyl sites for hydroxylation is 1. The van der Waals surface area contributed by atoms with Gasteiger partial charge in [-0.3, -0.25) is 4.98 Å². The molecule has 0 fully saturated rings. The van der Waals surface area contributed by atoms with Gasteiger partial charge in [-0.25, -0.2) is 0 Å². The van der Waals surface area contributed by atoms with Crippen molar-refractivity contribution in [2.45, 2.75) is 19.9 Å². The first-order valence-electron chi connectivity index (χ1n) is 6.08. The summed E-state index contributed by atoms with van der Waals surface area (Å²) in [6.07, 6.45) is 4.85.